The van der Waals surface area contributed by atoms with Gasteiger partial charge in [0.05, 0.1) is 17.2 Å². The van der Waals surface area contributed by atoms with Gasteiger partial charge >= 0.3 is 0 Å². The molecule has 0 aliphatic heterocycles. The Bertz CT molecular complexity index is 1380. The summed E-state index contributed by atoms with van der Waals surface area (Å²) in [4.78, 5) is 28.0. The van der Waals surface area contributed by atoms with Crippen molar-refractivity contribution in [1.82, 2.24) is 10.2 Å². The number of ether oxygens (including phenoxy) is 1. The summed E-state index contributed by atoms with van der Waals surface area (Å²) in [7, 11) is -4.16. The van der Waals surface area contributed by atoms with Crippen LogP contribution < -0.4 is 14.4 Å². The smallest absolute Gasteiger partial charge is 0.264 e. The number of nitrogens with one attached hydrogen (secondary N) is 1. The molecule has 3 aromatic rings. The van der Waals surface area contributed by atoms with Gasteiger partial charge in [-0.25, -0.2) is 8.42 Å². The molecule has 0 fully saturated rings. The van der Waals surface area contributed by atoms with Gasteiger partial charge in [-0.15, -0.1) is 0 Å². The summed E-state index contributed by atoms with van der Waals surface area (Å²) in [5.41, 5.74) is 1.90. The number of halogens is 1. The van der Waals surface area contributed by atoms with Gasteiger partial charge in [0.2, 0.25) is 11.8 Å². The Labute approximate surface area is 235 Å². The molecular weight excluding hydrogens is 538 g/mol. The van der Waals surface area contributed by atoms with Gasteiger partial charge in [0.1, 0.15) is 18.3 Å². The van der Waals surface area contributed by atoms with Gasteiger partial charge in [-0.2, -0.15) is 0 Å². The van der Waals surface area contributed by atoms with E-state index in [1.807, 2.05) is 13.8 Å². The second-order valence-corrected chi connectivity index (χ2v) is 11.2. The molecule has 0 saturated carbocycles. The highest BCUT2D eigenvalue weighted by Gasteiger charge is 2.32. The first kappa shape index (κ1) is 30.0. The molecule has 0 spiro atoms. The number of rotatable bonds is 12. The Morgan fingerprint density at radius 3 is 2.21 bits per heavy atom. The second-order valence-electron chi connectivity index (χ2n) is 8.94. The predicted molar refractivity (Wildman–Crippen MR) is 153 cm³/mol. The number of carbonyl (C=O) groups excluding carboxylic acids is 2. The fraction of sp³-hybridized carbons (Fsp3) is 0.310. The first-order chi connectivity index (χ1) is 18.6. The van der Waals surface area contributed by atoms with Gasteiger partial charge in [-0.3, -0.25) is 13.9 Å². The van der Waals surface area contributed by atoms with Crippen molar-refractivity contribution in [1.29, 1.82) is 0 Å². The number of anilines is 1. The monoisotopic (exact) mass is 571 g/mol. The fourth-order valence-electron chi connectivity index (χ4n) is 3.96. The third-order valence-electron chi connectivity index (χ3n) is 6.14. The molecule has 0 bridgehead atoms. The maximum Gasteiger partial charge on any atom is 0.264 e. The van der Waals surface area contributed by atoms with Gasteiger partial charge in [-0.1, -0.05) is 47.5 Å². The van der Waals surface area contributed by atoms with Crippen molar-refractivity contribution < 1.29 is 22.7 Å². The van der Waals surface area contributed by atoms with Crippen molar-refractivity contribution in [3.63, 3.8) is 0 Å². The van der Waals surface area contributed by atoms with E-state index in [1.165, 1.54) is 17.0 Å². The molecule has 1 unspecified atom stereocenters. The summed E-state index contributed by atoms with van der Waals surface area (Å²) in [6.07, 6.45) is 0. The highest BCUT2D eigenvalue weighted by atomic mass is 35.5. The zero-order valence-electron chi connectivity index (χ0n) is 22.6. The average Bonchev–Trinajstić information content (AvgIpc) is 2.92. The lowest BCUT2D eigenvalue weighted by molar-refractivity contribution is -0.139. The molecule has 3 aromatic carbocycles. The molecule has 0 aliphatic carbocycles. The van der Waals surface area contributed by atoms with E-state index in [0.29, 0.717) is 35.2 Å². The van der Waals surface area contributed by atoms with E-state index in [0.717, 1.165) is 9.87 Å². The van der Waals surface area contributed by atoms with Crippen molar-refractivity contribution in [2.45, 2.75) is 45.2 Å². The van der Waals surface area contributed by atoms with Crippen molar-refractivity contribution in [3.05, 3.63) is 88.9 Å². The highest BCUT2D eigenvalue weighted by Crippen LogP contribution is 2.27. The Hall–Kier alpha value is -3.56. The van der Waals surface area contributed by atoms with Gasteiger partial charge in [-0.05, 0) is 75.7 Å². The Balaban J connectivity index is 2.02. The minimum Gasteiger partial charge on any atom is -0.494 e. The molecule has 1 atom stereocenters. The Morgan fingerprint density at radius 2 is 1.62 bits per heavy atom. The number of nitrogens with zero attached hydrogens (tertiary/aromatic N) is 2. The summed E-state index contributed by atoms with van der Waals surface area (Å²) in [6.45, 7) is 7.46. The minimum absolute atomic E-state index is 0.00811. The van der Waals surface area contributed by atoms with E-state index in [4.69, 9.17) is 16.3 Å². The van der Waals surface area contributed by atoms with Crippen LogP contribution in [0.5, 0.6) is 5.75 Å². The molecule has 10 heteroatoms. The number of sulfonamides is 1. The zero-order chi connectivity index (χ0) is 28.6. The van der Waals surface area contributed by atoms with Crippen LogP contribution in [0.25, 0.3) is 0 Å². The first-order valence-electron chi connectivity index (χ1n) is 12.7. The number of hydrogen-bond acceptors (Lipinski definition) is 5. The lowest BCUT2D eigenvalue weighted by atomic mass is 10.1. The van der Waals surface area contributed by atoms with Crippen molar-refractivity contribution in [2.24, 2.45) is 0 Å². The molecule has 39 heavy (non-hydrogen) atoms. The van der Waals surface area contributed by atoms with Crippen molar-refractivity contribution >= 4 is 39.1 Å². The van der Waals surface area contributed by atoms with Crippen LogP contribution in [0.1, 0.15) is 31.9 Å². The van der Waals surface area contributed by atoms with Crippen LogP contribution in [0.3, 0.4) is 0 Å². The first-order valence-corrected chi connectivity index (χ1v) is 14.5. The molecule has 0 aliphatic rings. The maximum atomic E-state index is 13.9. The SMILES string of the molecule is CCNC(=O)C(C)N(Cc1ccccc1Cl)C(=O)CN(c1ccc(C)cc1)S(=O)(=O)c1ccc(OCC)cc1. The van der Waals surface area contributed by atoms with E-state index in [1.54, 1.807) is 74.5 Å². The Morgan fingerprint density at radius 1 is 0.974 bits per heavy atom. The molecule has 0 heterocycles. The van der Waals surface area contributed by atoms with Crippen LogP contribution in [0.15, 0.2) is 77.7 Å². The second kappa shape index (κ2) is 13.5. The van der Waals surface area contributed by atoms with Gasteiger partial charge in [0.25, 0.3) is 10.0 Å². The Kier molecular flexibility index (Phi) is 10.4. The van der Waals surface area contributed by atoms with E-state index >= 15 is 0 Å². The lowest BCUT2D eigenvalue weighted by Gasteiger charge is -2.32. The number of hydrogen-bond donors (Lipinski definition) is 1. The summed E-state index contributed by atoms with van der Waals surface area (Å²) >= 11 is 6.37. The van der Waals surface area contributed by atoms with Gasteiger partial charge < -0.3 is 15.0 Å². The van der Waals surface area contributed by atoms with Crippen LogP contribution in [0, 0.1) is 6.92 Å². The van der Waals surface area contributed by atoms with Crippen LogP contribution in [-0.4, -0.2) is 50.9 Å². The molecule has 0 aromatic heterocycles. The summed E-state index contributed by atoms with van der Waals surface area (Å²) < 4.78 is 34.3. The fourth-order valence-corrected chi connectivity index (χ4v) is 5.57. The topological polar surface area (TPSA) is 96.0 Å². The largest absolute Gasteiger partial charge is 0.494 e. The lowest BCUT2D eigenvalue weighted by Crippen LogP contribution is -2.51. The predicted octanol–water partition coefficient (Wildman–Crippen LogP) is 4.80. The number of carbonyl (C=O) groups is 2. The quantitative estimate of drug-likeness (QED) is 0.337. The number of likely N-dealkylation sites (N-methyl/N-ethyl adjacent to an activating group) is 1. The van der Waals surface area contributed by atoms with Gasteiger partial charge in [0.15, 0.2) is 0 Å². The maximum absolute atomic E-state index is 13.9. The molecule has 1 N–H and O–H groups in total. The summed E-state index contributed by atoms with van der Waals surface area (Å²) in [5, 5.41) is 3.17. The summed E-state index contributed by atoms with van der Waals surface area (Å²) in [5.74, 6) is -0.367. The van der Waals surface area contributed by atoms with E-state index in [-0.39, 0.29) is 17.3 Å². The highest BCUT2D eigenvalue weighted by molar-refractivity contribution is 7.92. The third-order valence-corrected chi connectivity index (χ3v) is 8.30. The van der Waals surface area contributed by atoms with Gasteiger partial charge in [0, 0.05) is 18.1 Å². The zero-order valence-corrected chi connectivity index (χ0v) is 24.1. The molecule has 3 rings (SSSR count). The van der Waals surface area contributed by atoms with E-state index in [2.05, 4.69) is 5.32 Å². The molecule has 0 saturated heterocycles. The average molecular weight is 572 g/mol. The normalized spacial score (nSPS) is 11.9. The summed E-state index contributed by atoms with van der Waals surface area (Å²) in [6, 6.07) is 19.1. The number of benzene rings is 3. The molecule has 8 nitrogen and oxygen atoms in total. The van der Waals surface area contributed by atoms with Crippen LogP contribution >= 0.6 is 11.6 Å². The van der Waals surface area contributed by atoms with Crippen LogP contribution in [0.2, 0.25) is 5.02 Å². The van der Waals surface area contributed by atoms with Crippen LogP contribution in [0.4, 0.5) is 5.69 Å². The molecule has 2 amide bonds. The molecule has 208 valence electrons. The molecular formula is C29H34ClN3O5S. The van der Waals surface area contributed by atoms with Crippen molar-refractivity contribution in [3.8, 4) is 5.75 Å². The third kappa shape index (κ3) is 7.52. The number of amides is 2. The van der Waals surface area contributed by atoms with E-state index in [9.17, 15) is 18.0 Å². The van der Waals surface area contributed by atoms with E-state index < -0.39 is 28.5 Å². The van der Waals surface area contributed by atoms with Crippen molar-refractivity contribution in [2.75, 3.05) is 24.0 Å². The minimum atomic E-state index is -4.16. The standard InChI is InChI=1S/C29H34ClN3O5S/c1-5-31-29(35)22(4)32(19-23-9-7-8-10-27(23)30)28(34)20-33(24-13-11-21(3)12-14-24)39(36,37)26-17-15-25(16-18-26)38-6-2/h7-18,22H,5-6,19-20H2,1-4H3,(H,31,35). The number of aryl methyl sites for hydroxylation is 1. The van der Waals surface area contributed by atoms with Crippen LogP contribution in [-0.2, 0) is 26.2 Å². The molecule has 0 radical (unpaired) electrons.